The van der Waals surface area contributed by atoms with Crippen LogP contribution in [0, 0.1) is 0 Å². The molecule has 1 N–H and O–H groups in total. The average Bonchev–Trinajstić information content (AvgIpc) is 2.78. The molecule has 4 nitrogen and oxygen atoms in total. The number of carbonyl (C=O) groups excluding carboxylic acids is 1. The van der Waals surface area contributed by atoms with E-state index in [0.29, 0.717) is 24.5 Å². The summed E-state index contributed by atoms with van der Waals surface area (Å²) in [7, 11) is 0. The Hall–Kier alpha value is -0.420. The number of morpholine rings is 1. The van der Waals surface area contributed by atoms with Gasteiger partial charge in [0.25, 0.3) is 0 Å². The van der Waals surface area contributed by atoms with Gasteiger partial charge in [-0.3, -0.25) is 0 Å². The number of thioether (sulfide) groups is 1. The van der Waals surface area contributed by atoms with E-state index in [0.717, 1.165) is 25.3 Å². The molecule has 1 aliphatic heterocycles. The molecule has 0 radical (unpaired) electrons. The maximum atomic E-state index is 12.1. The summed E-state index contributed by atoms with van der Waals surface area (Å²) in [5.41, 5.74) is 0. The zero-order chi connectivity index (χ0) is 12.1. The largest absolute Gasteiger partial charge is 0.378 e. The number of hydrogen-bond acceptors (Lipinski definition) is 3. The molecule has 1 saturated carbocycles. The zero-order valence-electron chi connectivity index (χ0n) is 10.5. The summed E-state index contributed by atoms with van der Waals surface area (Å²) in [6.45, 7) is 4.98. The van der Waals surface area contributed by atoms with E-state index >= 15 is 0 Å². The predicted molar refractivity (Wildman–Crippen MR) is 70.5 cm³/mol. The summed E-state index contributed by atoms with van der Waals surface area (Å²) < 4.78 is 5.25. The molecule has 1 heterocycles. The monoisotopic (exact) mass is 258 g/mol. The van der Waals surface area contributed by atoms with Gasteiger partial charge in [0.15, 0.2) is 0 Å². The van der Waals surface area contributed by atoms with Crippen LogP contribution in [-0.2, 0) is 4.74 Å². The van der Waals surface area contributed by atoms with Crippen molar-refractivity contribution in [3.05, 3.63) is 0 Å². The van der Waals surface area contributed by atoms with E-state index < -0.39 is 0 Å². The fourth-order valence-corrected chi connectivity index (χ4v) is 3.72. The Balaban J connectivity index is 1.80. The molecule has 0 aromatic rings. The summed E-state index contributed by atoms with van der Waals surface area (Å²) in [5, 5.41) is 3.81. The molecule has 2 amide bonds. The molecule has 2 rings (SSSR count). The van der Waals surface area contributed by atoms with Gasteiger partial charge in [0, 0.05) is 24.4 Å². The SMILES string of the molecule is CCSC1CCCC1NC(=O)N1CCOCC1. The summed E-state index contributed by atoms with van der Waals surface area (Å²) in [5.74, 6) is 1.13. The topological polar surface area (TPSA) is 41.6 Å². The van der Waals surface area contributed by atoms with Crippen molar-refractivity contribution in [1.82, 2.24) is 10.2 Å². The van der Waals surface area contributed by atoms with E-state index in [2.05, 4.69) is 12.2 Å². The normalized spacial score (nSPS) is 29.4. The van der Waals surface area contributed by atoms with Crippen LogP contribution in [0.3, 0.4) is 0 Å². The molecule has 2 fully saturated rings. The molecular weight excluding hydrogens is 236 g/mol. The van der Waals surface area contributed by atoms with E-state index in [4.69, 9.17) is 4.74 Å². The Morgan fingerprint density at radius 3 is 2.88 bits per heavy atom. The minimum absolute atomic E-state index is 0.0990. The lowest BCUT2D eigenvalue weighted by atomic mass is 10.2. The molecule has 2 aliphatic rings. The fourth-order valence-electron chi connectivity index (χ4n) is 2.52. The number of ether oxygens (including phenoxy) is 1. The highest BCUT2D eigenvalue weighted by molar-refractivity contribution is 7.99. The average molecular weight is 258 g/mol. The lowest BCUT2D eigenvalue weighted by Crippen LogP contribution is -2.50. The van der Waals surface area contributed by atoms with Crippen molar-refractivity contribution in [2.24, 2.45) is 0 Å². The van der Waals surface area contributed by atoms with Crippen molar-refractivity contribution in [2.45, 2.75) is 37.5 Å². The van der Waals surface area contributed by atoms with Crippen molar-refractivity contribution in [3.8, 4) is 0 Å². The highest BCUT2D eigenvalue weighted by Crippen LogP contribution is 2.29. The van der Waals surface area contributed by atoms with Gasteiger partial charge in [-0.1, -0.05) is 13.3 Å². The highest BCUT2D eigenvalue weighted by atomic mass is 32.2. The first kappa shape index (κ1) is 13.0. The molecular formula is C12H22N2O2S. The van der Waals surface area contributed by atoms with Gasteiger partial charge in [-0.2, -0.15) is 11.8 Å². The summed E-state index contributed by atoms with van der Waals surface area (Å²) in [6, 6.07) is 0.470. The second-order valence-electron chi connectivity index (χ2n) is 4.58. The van der Waals surface area contributed by atoms with Crippen molar-refractivity contribution >= 4 is 17.8 Å². The lowest BCUT2D eigenvalue weighted by molar-refractivity contribution is 0.0526. The number of urea groups is 1. The molecule has 5 heteroatoms. The van der Waals surface area contributed by atoms with E-state index in [9.17, 15) is 4.79 Å². The van der Waals surface area contributed by atoms with Crippen LogP contribution in [0.15, 0.2) is 0 Å². The molecule has 98 valence electrons. The number of hydrogen-bond donors (Lipinski definition) is 1. The van der Waals surface area contributed by atoms with E-state index in [-0.39, 0.29) is 6.03 Å². The summed E-state index contributed by atoms with van der Waals surface area (Å²) >= 11 is 1.98. The van der Waals surface area contributed by atoms with Crippen LogP contribution in [0.1, 0.15) is 26.2 Å². The third-order valence-corrected chi connectivity index (χ3v) is 4.77. The molecule has 17 heavy (non-hydrogen) atoms. The van der Waals surface area contributed by atoms with Crippen LogP contribution >= 0.6 is 11.8 Å². The number of nitrogens with zero attached hydrogens (tertiary/aromatic N) is 1. The van der Waals surface area contributed by atoms with Crippen molar-refractivity contribution < 1.29 is 9.53 Å². The van der Waals surface area contributed by atoms with Crippen molar-refractivity contribution in [1.29, 1.82) is 0 Å². The Morgan fingerprint density at radius 1 is 1.41 bits per heavy atom. The van der Waals surface area contributed by atoms with Crippen LogP contribution in [0.5, 0.6) is 0 Å². The quantitative estimate of drug-likeness (QED) is 0.838. The van der Waals surface area contributed by atoms with Crippen LogP contribution in [-0.4, -0.2) is 54.3 Å². The molecule has 1 aliphatic carbocycles. The lowest BCUT2D eigenvalue weighted by Gasteiger charge is -2.29. The van der Waals surface area contributed by atoms with Gasteiger partial charge in [-0.25, -0.2) is 4.79 Å². The van der Waals surface area contributed by atoms with E-state index in [1.165, 1.54) is 12.8 Å². The van der Waals surface area contributed by atoms with Gasteiger partial charge >= 0.3 is 6.03 Å². The van der Waals surface area contributed by atoms with Gasteiger partial charge in [-0.05, 0) is 18.6 Å². The molecule has 1 saturated heterocycles. The van der Waals surface area contributed by atoms with Gasteiger partial charge in [0.1, 0.15) is 0 Å². The van der Waals surface area contributed by atoms with Crippen molar-refractivity contribution in [2.75, 3.05) is 32.1 Å². The molecule has 2 atom stereocenters. The Bertz CT molecular complexity index is 257. The number of rotatable bonds is 3. The second kappa shape index (κ2) is 6.50. The fraction of sp³-hybridized carbons (Fsp3) is 0.917. The van der Waals surface area contributed by atoms with Gasteiger partial charge in [0.05, 0.1) is 13.2 Å². The predicted octanol–water partition coefficient (Wildman–Crippen LogP) is 1.70. The minimum Gasteiger partial charge on any atom is -0.378 e. The van der Waals surface area contributed by atoms with Gasteiger partial charge in [0.2, 0.25) is 0 Å². The first-order valence-corrected chi connectivity index (χ1v) is 7.61. The second-order valence-corrected chi connectivity index (χ2v) is 6.10. The maximum Gasteiger partial charge on any atom is 0.317 e. The smallest absolute Gasteiger partial charge is 0.317 e. The van der Waals surface area contributed by atoms with Crippen LogP contribution in [0.4, 0.5) is 4.79 Å². The molecule has 0 aromatic heterocycles. The molecule has 0 bridgehead atoms. The van der Waals surface area contributed by atoms with Crippen molar-refractivity contribution in [3.63, 3.8) is 0 Å². The third kappa shape index (κ3) is 3.52. The van der Waals surface area contributed by atoms with Gasteiger partial charge < -0.3 is 15.0 Å². The zero-order valence-corrected chi connectivity index (χ0v) is 11.3. The summed E-state index contributed by atoms with van der Waals surface area (Å²) in [4.78, 5) is 13.9. The third-order valence-electron chi connectivity index (χ3n) is 3.44. The van der Waals surface area contributed by atoms with Crippen LogP contribution in [0.25, 0.3) is 0 Å². The standard InChI is InChI=1S/C12H22N2O2S/c1-2-17-11-5-3-4-10(11)13-12(15)14-6-8-16-9-7-14/h10-11H,2-9H2,1H3,(H,13,15). The van der Waals surface area contributed by atoms with Crippen LogP contribution < -0.4 is 5.32 Å². The first-order valence-electron chi connectivity index (χ1n) is 6.56. The Morgan fingerprint density at radius 2 is 2.18 bits per heavy atom. The van der Waals surface area contributed by atoms with Crippen LogP contribution in [0.2, 0.25) is 0 Å². The Kier molecular flexibility index (Phi) is 4.98. The van der Waals surface area contributed by atoms with E-state index in [1.54, 1.807) is 0 Å². The maximum absolute atomic E-state index is 12.1. The number of carbonyl (C=O) groups is 1. The first-order chi connectivity index (χ1) is 8.31. The molecule has 2 unspecified atom stereocenters. The minimum atomic E-state index is 0.0990. The number of nitrogens with one attached hydrogen (secondary N) is 1. The summed E-state index contributed by atoms with van der Waals surface area (Å²) in [6.07, 6.45) is 3.62. The highest BCUT2D eigenvalue weighted by Gasteiger charge is 2.30. The molecule has 0 aromatic carbocycles. The Labute approximate surface area is 107 Å². The number of amides is 2. The van der Waals surface area contributed by atoms with Gasteiger partial charge in [-0.15, -0.1) is 0 Å². The molecule has 0 spiro atoms. The van der Waals surface area contributed by atoms with E-state index in [1.807, 2.05) is 16.7 Å².